The SMILES string of the molecule is c1ccc(-c2cc(-c3ccccc3)nc(-c3ccc4c([nH]c5ccccc54)c3-c3cccc4sc5ccccc5c34)n2)cc1. The van der Waals surface area contributed by atoms with Gasteiger partial charge in [0.2, 0.25) is 0 Å². The van der Waals surface area contributed by atoms with E-state index in [0.29, 0.717) is 5.82 Å². The highest BCUT2D eigenvalue weighted by atomic mass is 32.1. The third kappa shape index (κ3) is 3.96. The summed E-state index contributed by atoms with van der Waals surface area (Å²) in [6.07, 6.45) is 0. The third-order valence-corrected chi connectivity index (χ3v) is 9.60. The maximum absolute atomic E-state index is 5.25. The van der Waals surface area contributed by atoms with E-state index in [1.54, 1.807) is 0 Å². The minimum absolute atomic E-state index is 0.706. The Balaban J connectivity index is 1.41. The van der Waals surface area contributed by atoms with Crippen molar-refractivity contribution in [2.24, 2.45) is 0 Å². The Hall–Kier alpha value is -5.58. The number of nitrogens with zero attached hydrogens (tertiary/aromatic N) is 2. The fraction of sp³-hybridized carbons (Fsp3) is 0. The van der Waals surface area contributed by atoms with Crippen LogP contribution in [0, 0.1) is 0 Å². The van der Waals surface area contributed by atoms with Gasteiger partial charge in [0.1, 0.15) is 0 Å². The highest BCUT2D eigenvalue weighted by Crippen LogP contribution is 2.46. The fourth-order valence-corrected chi connectivity index (χ4v) is 7.58. The smallest absolute Gasteiger partial charge is 0.161 e. The molecule has 9 aromatic rings. The summed E-state index contributed by atoms with van der Waals surface area (Å²) < 4.78 is 2.56. The van der Waals surface area contributed by atoms with Gasteiger partial charge in [-0.3, -0.25) is 0 Å². The number of nitrogens with one attached hydrogen (secondary N) is 1. The second-order valence-corrected chi connectivity index (χ2v) is 12.1. The van der Waals surface area contributed by atoms with Crippen LogP contribution in [0.1, 0.15) is 0 Å². The molecule has 3 aromatic heterocycles. The van der Waals surface area contributed by atoms with E-state index >= 15 is 0 Å². The van der Waals surface area contributed by atoms with Crippen LogP contribution in [0.3, 0.4) is 0 Å². The van der Waals surface area contributed by atoms with Gasteiger partial charge in [0.25, 0.3) is 0 Å². The van der Waals surface area contributed by atoms with Crippen LogP contribution in [-0.4, -0.2) is 15.0 Å². The number of rotatable bonds is 4. The summed E-state index contributed by atoms with van der Waals surface area (Å²) in [5, 5.41) is 4.94. The lowest BCUT2D eigenvalue weighted by atomic mass is 9.92. The predicted molar refractivity (Wildman–Crippen MR) is 186 cm³/mol. The van der Waals surface area contributed by atoms with Crippen molar-refractivity contribution in [3.63, 3.8) is 0 Å². The van der Waals surface area contributed by atoms with E-state index in [0.717, 1.165) is 44.7 Å². The van der Waals surface area contributed by atoms with E-state index < -0.39 is 0 Å². The van der Waals surface area contributed by atoms with Crippen molar-refractivity contribution in [3.05, 3.63) is 146 Å². The summed E-state index contributed by atoms with van der Waals surface area (Å²) in [5.74, 6) is 0.706. The van der Waals surface area contributed by atoms with Gasteiger partial charge in [0.05, 0.1) is 16.9 Å². The van der Waals surface area contributed by atoms with Gasteiger partial charge in [-0.15, -0.1) is 11.3 Å². The average molecular weight is 580 g/mol. The van der Waals surface area contributed by atoms with Crippen molar-refractivity contribution in [1.82, 2.24) is 15.0 Å². The fourth-order valence-electron chi connectivity index (χ4n) is 6.45. The van der Waals surface area contributed by atoms with Gasteiger partial charge in [0.15, 0.2) is 5.82 Å². The highest BCUT2D eigenvalue weighted by Gasteiger charge is 2.22. The second-order valence-electron chi connectivity index (χ2n) is 11.1. The molecular formula is C40H25N3S. The lowest BCUT2D eigenvalue weighted by Gasteiger charge is -2.15. The van der Waals surface area contributed by atoms with E-state index in [1.807, 2.05) is 23.5 Å². The number of hydrogen-bond donors (Lipinski definition) is 1. The number of benzene rings is 6. The minimum atomic E-state index is 0.706. The summed E-state index contributed by atoms with van der Waals surface area (Å²) in [7, 11) is 0. The molecule has 0 bridgehead atoms. The molecule has 4 heteroatoms. The number of fused-ring (bicyclic) bond motifs is 6. The number of thiophene rings is 1. The average Bonchev–Trinajstić information content (AvgIpc) is 3.67. The molecule has 1 N–H and O–H groups in total. The number of H-pyrrole nitrogens is 1. The molecule has 0 saturated carbocycles. The van der Waals surface area contributed by atoms with Gasteiger partial charge in [-0.05, 0) is 35.9 Å². The van der Waals surface area contributed by atoms with Crippen molar-refractivity contribution >= 4 is 53.3 Å². The van der Waals surface area contributed by atoms with Gasteiger partial charge in [-0.1, -0.05) is 115 Å². The topological polar surface area (TPSA) is 41.6 Å². The number of hydrogen-bond acceptors (Lipinski definition) is 3. The lowest BCUT2D eigenvalue weighted by Crippen LogP contribution is -1.98. The maximum Gasteiger partial charge on any atom is 0.161 e. The minimum Gasteiger partial charge on any atom is -0.354 e. The second kappa shape index (κ2) is 10.0. The van der Waals surface area contributed by atoms with Crippen LogP contribution in [0.2, 0.25) is 0 Å². The highest BCUT2D eigenvalue weighted by molar-refractivity contribution is 7.25. The number of aromatic amines is 1. The van der Waals surface area contributed by atoms with Crippen molar-refractivity contribution in [1.29, 1.82) is 0 Å². The summed E-state index contributed by atoms with van der Waals surface area (Å²) in [4.78, 5) is 14.3. The molecule has 6 aromatic carbocycles. The van der Waals surface area contributed by atoms with Crippen LogP contribution in [0.25, 0.3) is 87.0 Å². The molecule has 0 radical (unpaired) electrons. The molecule has 44 heavy (non-hydrogen) atoms. The molecule has 0 amide bonds. The first-order valence-corrected chi connectivity index (χ1v) is 15.6. The van der Waals surface area contributed by atoms with Gasteiger partial charge >= 0.3 is 0 Å². The molecule has 0 saturated heterocycles. The van der Waals surface area contributed by atoms with Crippen LogP contribution in [0.4, 0.5) is 0 Å². The molecular weight excluding hydrogens is 555 g/mol. The first-order valence-electron chi connectivity index (χ1n) is 14.8. The summed E-state index contributed by atoms with van der Waals surface area (Å²) in [6, 6.07) is 51.2. The molecule has 0 atom stereocenters. The Morgan fingerprint density at radius 1 is 0.477 bits per heavy atom. The van der Waals surface area contributed by atoms with Gasteiger partial charge < -0.3 is 4.98 Å². The molecule has 0 aliphatic heterocycles. The molecule has 0 fully saturated rings. The lowest BCUT2D eigenvalue weighted by molar-refractivity contribution is 1.18. The first-order chi connectivity index (χ1) is 21.8. The number of aromatic nitrogens is 3. The maximum atomic E-state index is 5.25. The van der Waals surface area contributed by atoms with Gasteiger partial charge in [0, 0.05) is 58.7 Å². The number of para-hydroxylation sites is 1. The van der Waals surface area contributed by atoms with Gasteiger partial charge in [-0.25, -0.2) is 9.97 Å². The van der Waals surface area contributed by atoms with E-state index in [9.17, 15) is 0 Å². The summed E-state index contributed by atoms with van der Waals surface area (Å²) in [6.45, 7) is 0. The van der Waals surface area contributed by atoms with E-state index in [2.05, 4.69) is 138 Å². The molecule has 3 heterocycles. The van der Waals surface area contributed by atoms with Crippen LogP contribution in [0.5, 0.6) is 0 Å². The Kier molecular flexibility index (Phi) is 5.68. The molecule has 206 valence electrons. The van der Waals surface area contributed by atoms with Crippen molar-refractivity contribution in [2.75, 3.05) is 0 Å². The molecule has 0 aliphatic carbocycles. The molecule has 0 unspecified atom stereocenters. The largest absolute Gasteiger partial charge is 0.354 e. The zero-order valence-corrected chi connectivity index (χ0v) is 24.5. The summed E-state index contributed by atoms with van der Waals surface area (Å²) >= 11 is 1.84. The van der Waals surface area contributed by atoms with Crippen LogP contribution >= 0.6 is 11.3 Å². The molecule has 0 spiro atoms. The van der Waals surface area contributed by atoms with Crippen LogP contribution in [0.15, 0.2) is 146 Å². The summed E-state index contributed by atoms with van der Waals surface area (Å²) in [5.41, 5.74) is 9.45. The van der Waals surface area contributed by atoms with Crippen molar-refractivity contribution < 1.29 is 0 Å². The molecule has 0 aliphatic rings. The Morgan fingerprint density at radius 3 is 1.86 bits per heavy atom. The van der Waals surface area contributed by atoms with E-state index in [-0.39, 0.29) is 0 Å². The van der Waals surface area contributed by atoms with Crippen LogP contribution < -0.4 is 0 Å². The Labute approximate surface area is 258 Å². The van der Waals surface area contributed by atoms with Gasteiger partial charge in [-0.2, -0.15) is 0 Å². The zero-order valence-electron chi connectivity index (χ0n) is 23.7. The molecule has 9 rings (SSSR count). The predicted octanol–water partition coefficient (Wildman–Crippen LogP) is 11.1. The van der Waals surface area contributed by atoms with E-state index in [4.69, 9.17) is 9.97 Å². The molecule has 3 nitrogen and oxygen atoms in total. The normalized spacial score (nSPS) is 11.6. The standard InChI is InChI=1S/C40H25N3S/c1-3-12-25(13-4-1)33-24-34(26-14-5-2-6-15-26)43-40(42-33)31-23-22-28-27-16-7-9-19-32(27)41-39(28)38(31)30-18-11-21-36-37(30)29-17-8-10-20-35(29)44-36/h1-24,41H. The third-order valence-electron chi connectivity index (χ3n) is 8.46. The van der Waals surface area contributed by atoms with Crippen molar-refractivity contribution in [3.8, 4) is 45.0 Å². The monoisotopic (exact) mass is 579 g/mol. The van der Waals surface area contributed by atoms with Crippen LogP contribution in [-0.2, 0) is 0 Å². The first kappa shape index (κ1) is 25.0. The quantitative estimate of drug-likeness (QED) is 0.225. The van der Waals surface area contributed by atoms with E-state index in [1.165, 1.54) is 36.5 Å². The Bertz CT molecular complexity index is 2430. The van der Waals surface area contributed by atoms with Crippen molar-refractivity contribution in [2.45, 2.75) is 0 Å². The zero-order chi connectivity index (χ0) is 29.0. The Morgan fingerprint density at radius 2 is 1.11 bits per heavy atom.